The molecule has 0 spiro atoms. The molecule has 9 heteroatoms. The predicted molar refractivity (Wildman–Crippen MR) is 106 cm³/mol. The van der Waals surface area contributed by atoms with E-state index in [1.807, 2.05) is 12.2 Å². The van der Waals surface area contributed by atoms with Crippen molar-refractivity contribution in [1.82, 2.24) is 0 Å². The molecule has 0 aromatic rings. The lowest BCUT2D eigenvalue weighted by molar-refractivity contribution is -0.166. The van der Waals surface area contributed by atoms with E-state index in [0.29, 0.717) is 32.1 Å². The van der Waals surface area contributed by atoms with Crippen molar-refractivity contribution in [2.24, 2.45) is 17.0 Å². The number of cyclic esters (lactones) is 1. The van der Waals surface area contributed by atoms with E-state index >= 15 is 0 Å². The van der Waals surface area contributed by atoms with Gasteiger partial charge in [-0.2, -0.15) is 0 Å². The van der Waals surface area contributed by atoms with Crippen LogP contribution in [0, 0.1) is 11.8 Å². The monoisotopic (exact) mass is 409 g/mol. The Labute approximate surface area is 171 Å². The fourth-order valence-electron chi connectivity index (χ4n) is 3.72. The molecule has 0 radical (unpaired) electrons. The van der Waals surface area contributed by atoms with Gasteiger partial charge in [0.1, 0.15) is 11.9 Å². The normalized spacial score (nSPS) is 24.4. The van der Waals surface area contributed by atoms with Crippen LogP contribution in [0.2, 0.25) is 0 Å². The highest BCUT2D eigenvalue weighted by Gasteiger charge is 2.54. The van der Waals surface area contributed by atoms with Crippen LogP contribution in [-0.4, -0.2) is 50.2 Å². The molecule has 0 aromatic carbocycles. The Hall–Kier alpha value is -2.38. The van der Waals surface area contributed by atoms with Crippen LogP contribution in [0.15, 0.2) is 17.3 Å². The summed E-state index contributed by atoms with van der Waals surface area (Å²) < 4.78 is 16.0. The first-order valence-electron chi connectivity index (χ1n) is 9.82. The summed E-state index contributed by atoms with van der Waals surface area (Å²) in [6.07, 6.45) is 6.53. The summed E-state index contributed by atoms with van der Waals surface area (Å²) >= 11 is 0. The van der Waals surface area contributed by atoms with Gasteiger partial charge in [-0.25, -0.2) is 0 Å². The molecule has 0 amide bonds. The number of azide groups is 1. The zero-order valence-corrected chi connectivity index (χ0v) is 17.6. The van der Waals surface area contributed by atoms with Crippen LogP contribution in [0.1, 0.15) is 52.4 Å². The summed E-state index contributed by atoms with van der Waals surface area (Å²) in [4.78, 5) is 37.4. The van der Waals surface area contributed by atoms with E-state index in [2.05, 4.69) is 10.0 Å². The molecule has 1 heterocycles. The summed E-state index contributed by atoms with van der Waals surface area (Å²) in [6.45, 7) is 3.54. The van der Waals surface area contributed by atoms with Gasteiger partial charge in [0.2, 0.25) is 0 Å². The van der Waals surface area contributed by atoms with Gasteiger partial charge in [0.05, 0.1) is 31.1 Å². The lowest BCUT2D eigenvalue weighted by atomic mass is 9.79. The van der Waals surface area contributed by atoms with Crippen LogP contribution in [0.5, 0.6) is 0 Å². The summed E-state index contributed by atoms with van der Waals surface area (Å²) in [6, 6.07) is -0.638. The third kappa shape index (κ3) is 6.58. The first kappa shape index (κ1) is 24.7. The van der Waals surface area contributed by atoms with Crippen LogP contribution in [0.4, 0.5) is 0 Å². The second-order valence-electron chi connectivity index (χ2n) is 7.38. The fourth-order valence-corrected chi connectivity index (χ4v) is 3.72. The number of aldehydes is 1. The van der Waals surface area contributed by atoms with Crippen molar-refractivity contribution >= 4 is 18.2 Å². The highest BCUT2D eigenvalue weighted by molar-refractivity contribution is 5.75. The predicted octanol–water partition coefficient (Wildman–Crippen LogP) is 3.52. The van der Waals surface area contributed by atoms with E-state index in [4.69, 9.17) is 19.7 Å². The zero-order chi connectivity index (χ0) is 21.9. The molecule has 0 saturated carbocycles. The fraction of sp³-hybridized carbons (Fsp3) is 0.750. The Morgan fingerprint density at radius 3 is 2.62 bits per heavy atom. The summed E-state index contributed by atoms with van der Waals surface area (Å²) in [5.41, 5.74) is 7.99. The van der Waals surface area contributed by atoms with Crippen LogP contribution in [0.3, 0.4) is 0 Å². The first-order chi connectivity index (χ1) is 13.9. The molecule has 1 aliphatic heterocycles. The topological polar surface area (TPSA) is 128 Å². The molecule has 0 aliphatic carbocycles. The van der Waals surface area contributed by atoms with Crippen molar-refractivity contribution in [3.63, 3.8) is 0 Å². The molecule has 0 aromatic heterocycles. The van der Waals surface area contributed by atoms with Gasteiger partial charge in [0, 0.05) is 24.9 Å². The number of nitrogens with zero attached hydrogens (tertiary/aromatic N) is 3. The molecule has 0 N–H and O–H groups in total. The molecule has 162 valence electrons. The summed E-state index contributed by atoms with van der Waals surface area (Å²) in [7, 11) is 2.85. The number of carbonyl (C=O) groups is 3. The standard InChI is InChI=1S/C20H31N3O6/c1-14(18(25)28-4)9-6-5-7-10-16(22-23-21)20(13-15(2)19(26)29-20)17(27-3)11-8-12-24/h5-6,12,14-17H,7-11,13H2,1-4H3/b6-5-/t14-,15+,16-,17+,20-/m0/s1. The van der Waals surface area contributed by atoms with Gasteiger partial charge in [-0.3, -0.25) is 9.59 Å². The number of hydrogen-bond donors (Lipinski definition) is 0. The van der Waals surface area contributed by atoms with E-state index < -0.39 is 17.7 Å². The molecule has 0 bridgehead atoms. The molecule has 29 heavy (non-hydrogen) atoms. The molecule has 1 rings (SSSR count). The number of carbonyl (C=O) groups excluding carboxylic acids is 3. The minimum absolute atomic E-state index is 0.242. The number of ether oxygens (including phenoxy) is 3. The van der Waals surface area contributed by atoms with Crippen LogP contribution in [0.25, 0.3) is 10.4 Å². The van der Waals surface area contributed by atoms with E-state index in [1.165, 1.54) is 14.2 Å². The molecule has 1 fully saturated rings. The quantitative estimate of drug-likeness (QED) is 0.114. The highest BCUT2D eigenvalue weighted by Crippen LogP contribution is 2.42. The summed E-state index contributed by atoms with van der Waals surface area (Å²) in [5.74, 6) is -1.23. The lowest BCUT2D eigenvalue weighted by Gasteiger charge is -2.39. The molecular formula is C20H31N3O6. The molecule has 9 nitrogen and oxygen atoms in total. The van der Waals surface area contributed by atoms with E-state index in [1.54, 1.807) is 13.8 Å². The van der Waals surface area contributed by atoms with E-state index in [0.717, 1.165) is 6.29 Å². The number of allylic oxidation sites excluding steroid dienone is 2. The number of esters is 2. The van der Waals surface area contributed by atoms with Crippen molar-refractivity contribution in [1.29, 1.82) is 0 Å². The Balaban J connectivity index is 2.94. The van der Waals surface area contributed by atoms with Crippen LogP contribution < -0.4 is 0 Å². The molecule has 1 aliphatic rings. The number of hydrogen-bond acceptors (Lipinski definition) is 7. The maximum Gasteiger partial charge on any atom is 0.309 e. The van der Waals surface area contributed by atoms with Crippen molar-refractivity contribution < 1.29 is 28.6 Å². The van der Waals surface area contributed by atoms with Crippen molar-refractivity contribution in [3.05, 3.63) is 22.6 Å². The van der Waals surface area contributed by atoms with Gasteiger partial charge < -0.3 is 19.0 Å². The minimum Gasteiger partial charge on any atom is -0.469 e. The molecule has 5 atom stereocenters. The first-order valence-corrected chi connectivity index (χ1v) is 9.82. The SMILES string of the molecule is COC(=O)[C@@H](C)C/C=C\CC[C@H](N=[N+]=[N-])[C@]1([C@@H](CCC=O)OC)C[C@@H](C)C(=O)O1. The number of rotatable bonds is 13. The van der Waals surface area contributed by atoms with E-state index in [9.17, 15) is 14.4 Å². The third-order valence-corrected chi connectivity index (χ3v) is 5.32. The average molecular weight is 409 g/mol. The Bertz CT molecular complexity index is 646. The van der Waals surface area contributed by atoms with Gasteiger partial charge in [-0.05, 0) is 31.2 Å². The van der Waals surface area contributed by atoms with Crippen molar-refractivity contribution in [3.8, 4) is 0 Å². The van der Waals surface area contributed by atoms with Crippen LogP contribution in [-0.2, 0) is 28.6 Å². The second kappa shape index (κ2) is 12.2. The maximum absolute atomic E-state index is 12.2. The van der Waals surface area contributed by atoms with Gasteiger partial charge in [0.25, 0.3) is 0 Å². The smallest absolute Gasteiger partial charge is 0.309 e. The van der Waals surface area contributed by atoms with Gasteiger partial charge in [-0.1, -0.05) is 31.1 Å². The highest BCUT2D eigenvalue weighted by atomic mass is 16.6. The summed E-state index contributed by atoms with van der Waals surface area (Å²) in [5, 5.41) is 3.93. The van der Waals surface area contributed by atoms with Gasteiger partial charge in [0.15, 0.2) is 0 Å². The maximum atomic E-state index is 12.2. The van der Waals surface area contributed by atoms with Crippen LogP contribution >= 0.6 is 0 Å². The average Bonchev–Trinajstić information content (AvgIpc) is 3.01. The Morgan fingerprint density at radius 2 is 2.10 bits per heavy atom. The number of methoxy groups -OCH3 is 2. The Kier molecular flexibility index (Phi) is 10.4. The van der Waals surface area contributed by atoms with Gasteiger partial charge >= 0.3 is 11.9 Å². The largest absolute Gasteiger partial charge is 0.469 e. The third-order valence-electron chi connectivity index (χ3n) is 5.32. The lowest BCUT2D eigenvalue weighted by Crippen LogP contribution is -2.52. The zero-order valence-electron chi connectivity index (χ0n) is 17.6. The molecule has 0 unspecified atom stereocenters. The Morgan fingerprint density at radius 1 is 1.38 bits per heavy atom. The minimum atomic E-state index is -1.10. The van der Waals surface area contributed by atoms with Crippen molar-refractivity contribution in [2.45, 2.75) is 70.1 Å². The second-order valence-corrected chi connectivity index (χ2v) is 7.38. The molecular weight excluding hydrogens is 378 g/mol. The van der Waals surface area contributed by atoms with Crippen molar-refractivity contribution in [2.75, 3.05) is 14.2 Å². The molecule has 1 saturated heterocycles. The van der Waals surface area contributed by atoms with E-state index in [-0.39, 0.29) is 30.2 Å². The van der Waals surface area contributed by atoms with Gasteiger partial charge in [-0.15, -0.1) is 0 Å².